The van der Waals surface area contributed by atoms with E-state index in [9.17, 15) is 0 Å². The van der Waals surface area contributed by atoms with E-state index >= 15 is 0 Å². The van der Waals surface area contributed by atoms with Gasteiger partial charge in [0.05, 0.1) is 31.9 Å². The number of para-hydroxylation sites is 1. The van der Waals surface area contributed by atoms with Gasteiger partial charge in [-0.3, -0.25) is 0 Å². The molecule has 0 saturated carbocycles. The van der Waals surface area contributed by atoms with Crippen molar-refractivity contribution in [1.29, 1.82) is 0 Å². The number of nitrogens with one attached hydrogen (secondary N) is 2. The molecule has 1 aliphatic heterocycles. The van der Waals surface area contributed by atoms with Gasteiger partial charge in [0.15, 0.2) is 17.5 Å². The van der Waals surface area contributed by atoms with Crippen molar-refractivity contribution in [2.24, 2.45) is 0 Å². The molecular formula is C21H36N6O2+2. The number of hydrogen-bond acceptors (Lipinski definition) is 5. The summed E-state index contributed by atoms with van der Waals surface area (Å²) in [7, 11) is 3.38. The second kappa shape index (κ2) is 9.09. The first kappa shape index (κ1) is 21.5. The van der Waals surface area contributed by atoms with E-state index in [0.29, 0.717) is 0 Å². The average Bonchev–Trinajstić information content (AvgIpc) is 3.24. The van der Waals surface area contributed by atoms with Gasteiger partial charge in [0.25, 0.3) is 0 Å². The summed E-state index contributed by atoms with van der Waals surface area (Å²) in [5.41, 5.74) is 0.906. The van der Waals surface area contributed by atoms with Crippen molar-refractivity contribution in [3.8, 4) is 11.5 Å². The molecule has 0 spiro atoms. The maximum Gasteiger partial charge on any atom is 0.214 e. The van der Waals surface area contributed by atoms with Crippen molar-refractivity contribution in [3.05, 3.63) is 29.6 Å². The molecular weight excluding hydrogens is 368 g/mol. The van der Waals surface area contributed by atoms with E-state index < -0.39 is 0 Å². The van der Waals surface area contributed by atoms with Crippen molar-refractivity contribution in [1.82, 2.24) is 20.2 Å². The van der Waals surface area contributed by atoms with E-state index in [1.807, 2.05) is 16.8 Å². The molecule has 29 heavy (non-hydrogen) atoms. The number of nitrogens with zero attached hydrogens (tertiary/aromatic N) is 4. The second-order valence-electron chi connectivity index (χ2n) is 8.39. The van der Waals surface area contributed by atoms with Gasteiger partial charge in [0.1, 0.15) is 26.2 Å². The minimum absolute atomic E-state index is 0.0146. The summed E-state index contributed by atoms with van der Waals surface area (Å²) in [6.45, 7) is 14.4. The zero-order valence-electron chi connectivity index (χ0n) is 18.7. The predicted molar refractivity (Wildman–Crippen MR) is 111 cm³/mol. The molecule has 0 amide bonds. The summed E-state index contributed by atoms with van der Waals surface area (Å²) in [6, 6.07) is 6.07. The normalized spacial score (nSPS) is 21.0. The summed E-state index contributed by atoms with van der Waals surface area (Å²) in [6.07, 6.45) is 0.941. The largest absolute Gasteiger partial charge is 0.493 e. The van der Waals surface area contributed by atoms with Gasteiger partial charge in [0, 0.05) is 0 Å². The number of methoxy groups -OCH3 is 2. The zero-order chi connectivity index (χ0) is 21.0. The quantitative estimate of drug-likeness (QED) is 0.634. The SMILES string of the molecule is CC[NH+]1CC[NH+]([C@@H](c2cccc(OC)c2OC)c2nnnn2C(C)(C)CC)CC1. The summed E-state index contributed by atoms with van der Waals surface area (Å²) in [5.74, 6) is 2.39. The van der Waals surface area contributed by atoms with E-state index in [1.165, 1.54) is 11.4 Å². The first-order valence-corrected chi connectivity index (χ1v) is 10.6. The minimum Gasteiger partial charge on any atom is -0.493 e. The molecule has 3 rings (SSSR count). The summed E-state index contributed by atoms with van der Waals surface area (Å²) < 4.78 is 13.4. The highest BCUT2D eigenvalue weighted by atomic mass is 16.5. The Balaban J connectivity index is 2.12. The number of rotatable bonds is 8. The highest BCUT2D eigenvalue weighted by Gasteiger charge is 2.39. The highest BCUT2D eigenvalue weighted by Crippen LogP contribution is 2.36. The number of ether oxygens (including phenoxy) is 2. The molecule has 1 saturated heterocycles. The monoisotopic (exact) mass is 404 g/mol. The van der Waals surface area contributed by atoms with E-state index in [1.54, 1.807) is 19.1 Å². The van der Waals surface area contributed by atoms with Crippen LogP contribution in [0.5, 0.6) is 11.5 Å². The topological polar surface area (TPSA) is 70.9 Å². The smallest absolute Gasteiger partial charge is 0.214 e. The maximum absolute atomic E-state index is 5.81. The molecule has 1 atom stereocenters. The standard InChI is InChI=1S/C21H34N6O2/c1-7-21(3,4)27-20(22-23-24-27)18(26-14-12-25(8-2)13-15-26)16-10-9-11-17(28-5)19(16)29-6/h9-11,18H,7-8,12-15H2,1-6H3/p+2/t18-/m0/s1. The Morgan fingerprint density at radius 1 is 1.10 bits per heavy atom. The molecule has 160 valence electrons. The van der Waals surface area contributed by atoms with Crippen molar-refractivity contribution in [2.75, 3.05) is 46.9 Å². The third-order valence-corrected chi connectivity index (χ3v) is 6.44. The summed E-state index contributed by atoms with van der Waals surface area (Å²) >= 11 is 0. The van der Waals surface area contributed by atoms with Crippen LogP contribution in [0.2, 0.25) is 0 Å². The van der Waals surface area contributed by atoms with Gasteiger partial charge in [-0.05, 0) is 49.8 Å². The average molecular weight is 405 g/mol. The van der Waals surface area contributed by atoms with Crippen LogP contribution in [0.15, 0.2) is 18.2 Å². The fourth-order valence-electron chi connectivity index (χ4n) is 4.20. The Bertz CT molecular complexity index is 798. The lowest BCUT2D eigenvalue weighted by Crippen LogP contribution is -3.28. The van der Waals surface area contributed by atoms with E-state index in [2.05, 4.69) is 49.3 Å². The Kier molecular flexibility index (Phi) is 6.74. The number of aromatic nitrogens is 4. The molecule has 8 heteroatoms. The highest BCUT2D eigenvalue weighted by molar-refractivity contribution is 5.48. The summed E-state index contributed by atoms with van der Waals surface area (Å²) in [4.78, 5) is 3.12. The third kappa shape index (κ3) is 4.23. The predicted octanol–water partition coefficient (Wildman–Crippen LogP) is -0.272. The van der Waals surface area contributed by atoms with Crippen LogP contribution in [0.3, 0.4) is 0 Å². The first-order chi connectivity index (χ1) is 14.0. The van der Waals surface area contributed by atoms with Gasteiger partial charge in [-0.1, -0.05) is 13.0 Å². The van der Waals surface area contributed by atoms with Gasteiger partial charge in [-0.2, -0.15) is 0 Å². The lowest BCUT2D eigenvalue weighted by Gasteiger charge is -2.35. The number of tetrazole rings is 1. The number of benzene rings is 1. The first-order valence-electron chi connectivity index (χ1n) is 10.6. The van der Waals surface area contributed by atoms with Crippen molar-refractivity contribution < 1.29 is 19.3 Å². The molecule has 1 fully saturated rings. The zero-order valence-corrected chi connectivity index (χ0v) is 18.7. The molecule has 2 heterocycles. The van der Waals surface area contributed by atoms with Gasteiger partial charge >= 0.3 is 0 Å². The van der Waals surface area contributed by atoms with E-state index in [-0.39, 0.29) is 11.6 Å². The van der Waals surface area contributed by atoms with Crippen LogP contribution >= 0.6 is 0 Å². The van der Waals surface area contributed by atoms with Crippen LogP contribution in [0.4, 0.5) is 0 Å². The van der Waals surface area contributed by atoms with Crippen LogP contribution in [0.25, 0.3) is 0 Å². The lowest BCUT2D eigenvalue weighted by molar-refractivity contribution is -1.02. The fraction of sp³-hybridized carbons (Fsp3) is 0.667. The molecule has 0 radical (unpaired) electrons. The van der Waals surface area contributed by atoms with Crippen molar-refractivity contribution in [3.63, 3.8) is 0 Å². The minimum atomic E-state index is -0.168. The van der Waals surface area contributed by atoms with Crippen LogP contribution in [-0.4, -0.2) is 67.2 Å². The summed E-state index contributed by atoms with van der Waals surface area (Å²) in [5, 5.41) is 13.0. The number of quaternary nitrogens is 2. The Morgan fingerprint density at radius 2 is 1.83 bits per heavy atom. The van der Waals surface area contributed by atoms with Crippen molar-refractivity contribution >= 4 is 0 Å². The molecule has 2 N–H and O–H groups in total. The molecule has 0 bridgehead atoms. The molecule has 8 nitrogen and oxygen atoms in total. The molecule has 1 aliphatic rings. The van der Waals surface area contributed by atoms with Gasteiger partial charge in [-0.25, -0.2) is 4.68 Å². The molecule has 1 aromatic carbocycles. The number of likely N-dealkylation sites (N-methyl/N-ethyl adjacent to an activating group) is 1. The van der Waals surface area contributed by atoms with Crippen LogP contribution < -0.4 is 19.3 Å². The maximum atomic E-state index is 5.81. The van der Waals surface area contributed by atoms with E-state index in [0.717, 1.165) is 55.5 Å². The number of hydrogen-bond donors (Lipinski definition) is 2. The molecule has 0 aliphatic carbocycles. The van der Waals surface area contributed by atoms with Gasteiger partial charge in [-0.15, -0.1) is 5.10 Å². The van der Waals surface area contributed by atoms with Gasteiger partial charge < -0.3 is 19.3 Å². The fourth-order valence-corrected chi connectivity index (χ4v) is 4.20. The molecule has 0 unspecified atom stereocenters. The van der Waals surface area contributed by atoms with Crippen LogP contribution in [-0.2, 0) is 5.54 Å². The lowest BCUT2D eigenvalue weighted by atomic mass is 9.98. The number of piperazine rings is 1. The Morgan fingerprint density at radius 3 is 2.41 bits per heavy atom. The molecule has 2 aromatic rings. The Labute approximate surface area is 173 Å². The van der Waals surface area contributed by atoms with Gasteiger partial charge in [0.2, 0.25) is 5.82 Å². The van der Waals surface area contributed by atoms with Crippen LogP contribution in [0, 0.1) is 0 Å². The van der Waals surface area contributed by atoms with E-state index in [4.69, 9.17) is 9.47 Å². The molecule has 1 aromatic heterocycles. The van der Waals surface area contributed by atoms with Crippen molar-refractivity contribution in [2.45, 2.75) is 45.7 Å². The second-order valence-corrected chi connectivity index (χ2v) is 8.39. The third-order valence-electron chi connectivity index (χ3n) is 6.44. The Hall–Kier alpha value is -2.19. The van der Waals surface area contributed by atoms with Crippen LogP contribution in [0.1, 0.15) is 51.5 Å².